The first kappa shape index (κ1) is 11.9. The maximum atomic E-state index is 11.0. The molecule has 2 aromatic rings. The predicted molar refractivity (Wildman–Crippen MR) is 66.4 cm³/mol. The molecule has 0 amide bonds. The number of rotatable bonds is 4. The van der Waals surface area contributed by atoms with E-state index in [1.807, 2.05) is 30.3 Å². The number of hydrogen-bond acceptors (Lipinski definition) is 4. The summed E-state index contributed by atoms with van der Waals surface area (Å²) in [4.78, 5) is 14.9. The van der Waals surface area contributed by atoms with Crippen molar-refractivity contribution in [3.63, 3.8) is 0 Å². The van der Waals surface area contributed by atoms with Crippen LogP contribution in [-0.2, 0) is 6.61 Å². The number of carbonyl (C=O) groups is 1. The first-order chi connectivity index (χ1) is 8.66. The Morgan fingerprint density at radius 3 is 2.72 bits per heavy atom. The fraction of sp³-hybridized carbons (Fsp3) is 0.0769. The minimum absolute atomic E-state index is 0.0362. The lowest BCUT2D eigenvalue weighted by molar-refractivity contribution is 0.0690. The Bertz CT molecular complexity index is 555. The minimum Gasteiger partial charge on any atom is -0.477 e. The van der Waals surface area contributed by atoms with Crippen LogP contribution in [0.1, 0.15) is 15.9 Å². The molecule has 5 heteroatoms. The monoisotopic (exact) mass is 244 g/mol. The highest BCUT2D eigenvalue weighted by Gasteiger charge is 2.13. The molecular weight excluding hydrogens is 232 g/mol. The van der Waals surface area contributed by atoms with Gasteiger partial charge in [-0.15, -0.1) is 0 Å². The average molecular weight is 244 g/mol. The van der Waals surface area contributed by atoms with Crippen LogP contribution in [-0.4, -0.2) is 16.1 Å². The van der Waals surface area contributed by atoms with Gasteiger partial charge in [0.1, 0.15) is 12.2 Å². The molecule has 3 N–H and O–H groups in total. The van der Waals surface area contributed by atoms with Gasteiger partial charge in [0.25, 0.3) is 0 Å². The minimum atomic E-state index is -1.11. The number of nitrogens with zero attached hydrogens (tertiary/aromatic N) is 1. The molecule has 0 aliphatic heterocycles. The van der Waals surface area contributed by atoms with E-state index in [0.29, 0.717) is 5.69 Å². The zero-order chi connectivity index (χ0) is 13.0. The van der Waals surface area contributed by atoms with Crippen LogP contribution in [0.5, 0.6) is 5.88 Å². The third-order valence-electron chi connectivity index (χ3n) is 2.32. The molecule has 92 valence electrons. The SMILES string of the molecule is Nc1cnc(OCc2ccccc2)c(C(=O)O)c1. The number of nitrogens with two attached hydrogens (primary N) is 1. The zero-order valence-corrected chi connectivity index (χ0v) is 9.54. The van der Waals surface area contributed by atoms with Gasteiger partial charge in [0.2, 0.25) is 5.88 Å². The summed E-state index contributed by atoms with van der Waals surface area (Å²) in [7, 11) is 0. The summed E-state index contributed by atoms with van der Waals surface area (Å²) in [6.45, 7) is 0.262. The number of aromatic carboxylic acids is 1. The average Bonchev–Trinajstić information content (AvgIpc) is 2.38. The summed E-state index contributed by atoms with van der Waals surface area (Å²) in [6, 6.07) is 10.8. The Morgan fingerprint density at radius 1 is 1.33 bits per heavy atom. The second kappa shape index (κ2) is 5.18. The molecule has 1 aromatic heterocycles. The molecule has 0 fully saturated rings. The van der Waals surface area contributed by atoms with Gasteiger partial charge in [-0.2, -0.15) is 0 Å². The van der Waals surface area contributed by atoms with Crippen molar-refractivity contribution in [2.75, 3.05) is 5.73 Å². The van der Waals surface area contributed by atoms with Gasteiger partial charge in [0.15, 0.2) is 0 Å². The summed E-state index contributed by atoms with van der Waals surface area (Å²) in [5.41, 5.74) is 6.68. The van der Waals surface area contributed by atoms with E-state index in [9.17, 15) is 4.79 Å². The van der Waals surface area contributed by atoms with E-state index < -0.39 is 5.97 Å². The number of nitrogen functional groups attached to an aromatic ring is 1. The number of anilines is 1. The quantitative estimate of drug-likeness (QED) is 0.858. The van der Waals surface area contributed by atoms with Gasteiger partial charge in [0.05, 0.1) is 11.9 Å². The van der Waals surface area contributed by atoms with Crippen LogP contribution in [0, 0.1) is 0 Å². The summed E-state index contributed by atoms with van der Waals surface area (Å²) in [5, 5.41) is 9.01. The zero-order valence-electron chi connectivity index (χ0n) is 9.54. The van der Waals surface area contributed by atoms with Crippen molar-refractivity contribution in [2.45, 2.75) is 6.61 Å². The maximum Gasteiger partial charge on any atom is 0.341 e. The van der Waals surface area contributed by atoms with E-state index >= 15 is 0 Å². The fourth-order valence-electron chi connectivity index (χ4n) is 1.46. The first-order valence-corrected chi connectivity index (χ1v) is 5.32. The molecule has 0 aliphatic carbocycles. The molecule has 0 saturated heterocycles. The van der Waals surface area contributed by atoms with Crippen LogP contribution in [0.4, 0.5) is 5.69 Å². The van der Waals surface area contributed by atoms with Crippen LogP contribution < -0.4 is 10.5 Å². The summed E-state index contributed by atoms with van der Waals surface area (Å²) < 4.78 is 5.39. The number of benzene rings is 1. The van der Waals surface area contributed by atoms with Crippen LogP contribution in [0.15, 0.2) is 42.6 Å². The Morgan fingerprint density at radius 2 is 2.06 bits per heavy atom. The molecule has 2 rings (SSSR count). The van der Waals surface area contributed by atoms with E-state index in [1.54, 1.807) is 0 Å². The summed E-state index contributed by atoms with van der Waals surface area (Å²) in [6.07, 6.45) is 1.37. The Kier molecular flexibility index (Phi) is 3.43. The number of carboxylic acid groups (broad SMARTS) is 1. The van der Waals surface area contributed by atoms with Crippen molar-refractivity contribution in [3.05, 3.63) is 53.7 Å². The second-order valence-corrected chi connectivity index (χ2v) is 3.70. The standard InChI is InChI=1S/C13H12N2O3/c14-10-6-11(13(16)17)12(15-7-10)18-8-9-4-2-1-3-5-9/h1-7H,8,14H2,(H,16,17). The van der Waals surface area contributed by atoms with E-state index in [1.165, 1.54) is 12.3 Å². The van der Waals surface area contributed by atoms with Crippen molar-refractivity contribution in [3.8, 4) is 5.88 Å². The fourth-order valence-corrected chi connectivity index (χ4v) is 1.46. The van der Waals surface area contributed by atoms with Gasteiger partial charge in [-0.25, -0.2) is 9.78 Å². The van der Waals surface area contributed by atoms with Crippen molar-refractivity contribution in [1.82, 2.24) is 4.98 Å². The molecule has 1 aromatic carbocycles. The highest BCUT2D eigenvalue weighted by molar-refractivity contribution is 5.91. The largest absolute Gasteiger partial charge is 0.477 e. The molecule has 5 nitrogen and oxygen atoms in total. The predicted octanol–water partition coefficient (Wildman–Crippen LogP) is 1.94. The summed E-state index contributed by atoms with van der Waals surface area (Å²) in [5.74, 6) is -1.04. The molecule has 0 saturated carbocycles. The number of hydrogen-bond donors (Lipinski definition) is 2. The van der Waals surface area contributed by atoms with E-state index in [-0.39, 0.29) is 18.1 Å². The lowest BCUT2D eigenvalue weighted by atomic mass is 10.2. The lowest BCUT2D eigenvalue weighted by Crippen LogP contribution is -2.06. The first-order valence-electron chi connectivity index (χ1n) is 5.32. The van der Waals surface area contributed by atoms with Gasteiger partial charge in [0, 0.05) is 0 Å². The normalized spacial score (nSPS) is 10.0. The summed E-state index contributed by atoms with van der Waals surface area (Å²) >= 11 is 0. The van der Waals surface area contributed by atoms with Crippen molar-refractivity contribution >= 4 is 11.7 Å². The molecule has 0 radical (unpaired) electrons. The van der Waals surface area contributed by atoms with Crippen molar-refractivity contribution < 1.29 is 14.6 Å². The second-order valence-electron chi connectivity index (χ2n) is 3.70. The Hall–Kier alpha value is -2.56. The van der Waals surface area contributed by atoms with E-state index in [2.05, 4.69) is 4.98 Å². The topological polar surface area (TPSA) is 85.4 Å². The number of aromatic nitrogens is 1. The third kappa shape index (κ3) is 2.76. The van der Waals surface area contributed by atoms with Crippen molar-refractivity contribution in [2.24, 2.45) is 0 Å². The molecule has 0 atom stereocenters. The Balaban J connectivity index is 2.17. The van der Waals surface area contributed by atoms with Gasteiger partial charge >= 0.3 is 5.97 Å². The smallest absolute Gasteiger partial charge is 0.341 e. The molecule has 0 spiro atoms. The third-order valence-corrected chi connectivity index (χ3v) is 2.32. The molecule has 18 heavy (non-hydrogen) atoms. The van der Waals surface area contributed by atoms with Crippen LogP contribution >= 0.6 is 0 Å². The highest BCUT2D eigenvalue weighted by atomic mass is 16.5. The molecule has 0 aliphatic rings. The Labute approximate surface area is 104 Å². The number of carboxylic acids is 1. The number of pyridine rings is 1. The van der Waals surface area contributed by atoms with E-state index in [0.717, 1.165) is 5.56 Å². The van der Waals surface area contributed by atoms with Crippen LogP contribution in [0.3, 0.4) is 0 Å². The molecule has 0 unspecified atom stereocenters. The van der Waals surface area contributed by atoms with Gasteiger partial charge < -0.3 is 15.6 Å². The van der Waals surface area contributed by atoms with E-state index in [4.69, 9.17) is 15.6 Å². The van der Waals surface area contributed by atoms with Crippen molar-refractivity contribution in [1.29, 1.82) is 0 Å². The molecular formula is C13H12N2O3. The molecule has 0 bridgehead atoms. The maximum absolute atomic E-state index is 11.0. The van der Waals surface area contributed by atoms with Gasteiger partial charge in [-0.1, -0.05) is 30.3 Å². The van der Waals surface area contributed by atoms with Crippen LogP contribution in [0.2, 0.25) is 0 Å². The highest BCUT2D eigenvalue weighted by Crippen LogP contribution is 2.19. The molecule has 1 heterocycles. The lowest BCUT2D eigenvalue weighted by Gasteiger charge is -2.08. The van der Waals surface area contributed by atoms with Gasteiger partial charge in [-0.05, 0) is 11.6 Å². The number of ether oxygens (including phenoxy) is 1. The van der Waals surface area contributed by atoms with Crippen LogP contribution in [0.25, 0.3) is 0 Å². The van der Waals surface area contributed by atoms with Gasteiger partial charge in [-0.3, -0.25) is 0 Å².